The fraction of sp³-hybridized carbons (Fsp3) is 0.500. The fourth-order valence-electron chi connectivity index (χ4n) is 2.20. The average molecular weight is 233 g/mol. The van der Waals surface area contributed by atoms with Gasteiger partial charge in [-0.05, 0) is 30.0 Å². The summed E-state index contributed by atoms with van der Waals surface area (Å²) in [5.41, 5.74) is 1.16. The molecular weight excluding hydrogens is 214 g/mol. The molecule has 17 heavy (non-hydrogen) atoms. The number of hydrogen-bond acceptors (Lipinski definition) is 2. The van der Waals surface area contributed by atoms with Crippen LogP contribution in [0.2, 0.25) is 0 Å². The molecule has 0 aromatic heterocycles. The Kier molecular flexibility index (Phi) is 3.67. The van der Waals surface area contributed by atoms with Gasteiger partial charge in [-0.3, -0.25) is 4.79 Å². The number of piperidine rings is 1. The van der Waals surface area contributed by atoms with Crippen LogP contribution in [0.5, 0.6) is 5.75 Å². The number of methoxy groups -OCH3 is 1. The second-order valence-corrected chi connectivity index (χ2v) is 4.77. The highest BCUT2D eigenvalue weighted by Crippen LogP contribution is 2.20. The van der Waals surface area contributed by atoms with Crippen LogP contribution in [0.25, 0.3) is 0 Å². The highest BCUT2D eigenvalue weighted by Gasteiger charge is 2.22. The van der Waals surface area contributed by atoms with Gasteiger partial charge in [0.15, 0.2) is 0 Å². The Balaban J connectivity index is 2.01. The Hall–Kier alpha value is -1.51. The molecule has 1 amide bonds. The van der Waals surface area contributed by atoms with Crippen molar-refractivity contribution in [3.05, 3.63) is 29.8 Å². The second kappa shape index (κ2) is 5.21. The number of hydrogen-bond donors (Lipinski definition) is 0. The topological polar surface area (TPSA) is 29.5 Å². The van der Waals surface area contributed by atoms with Crippen LogP contribution in [0.1, 0.15) is 25.3 Å². The first-order chi connectivity index (χ1) is 8.19. The average Bonchev–Trinajstić information content (AvgIpc) is 2.35. The van der Waals surface area contributed by atoms with Crippen LogP contribution in [-0.4, -0.2) is 24.5 Å². The normalized spacial score (nSPS) is 20.5. The quantitative estimate of drug-likeness (QED) is 0.802. The molecule has 3 nitrogen and oxygen atoms in total. The van der Waals surface area contributed by atoms with E-state index in [1.165, 1.54) is 0 Å². The molecule has 2 rings (SSSR count). The predicted octanol–water partition coefficient (Wildman–Crippen LogP) is 2.45. The van der Waals surface area contributed by atoms with E-state index in [1.54, 1.807) is 7.11 Å². The number of likely N-dealkylation sites (tertiary alicyclic amines) is 1. The number of benzene rings is 1. The standard InChI is InChI=1S/C14H19NO2/c1-11-3-8-14(16)15(9-11)10-12-4-6-13(17-2)7-5-12/h4-7,11H,3,8-10H2,1-2H3. The Morgan fingerprint density at radius 3 is 2.71 bits per heavy atom. The summed E-state index contributed by atoms with van der Waals surface area (Å²) in [5.74, 6) is 1.75. The number of ether oxygens (including phenoxy) is 1. The van der Waals surface area contributed by atoms with E-state index < -0.39 is 0 Å². The summed E-state index contributed by atoms with van der Waals surface area (Å²) in [5, 5.41) is 0. The van der Waals surface area contributed by atoms with Crippen LogP contribution in [0.3, 0.4) is 0 Å². The van der Waals surface area contributed by atoms with Crippen molar-refractivity contribution in [1.29, 1.82) is 0 Å². The van der Waals surface area contributed by atoms with Gasteiger partial charge in [0.2, 0.25) is 5.91 Å². The van der Waals surface area contributed by atoms with E-state index in [2.05, 4.69) is 6.92 Å². The summed E-state index contributed by atoms with van der Waals surface area (Å²) >= 11 is 0. The van der Waals surface area contributed by atoms with Gasteiger partial charge < -0.3 is 9.64 Å². The van der Waals surface area contributed by atoms with Gasteiger partial charge in [0.05, 0.1) is 7.11 Å². The summed E-state index contributed by atoms with van der Waals surface area (Å²) < 4.78 is 5.12. The van der Waals surface area contributed by atoms with Crippen LogP contribution in [0, 0.1) is 5.92 Å². The molecule has 1 aliphatic rings. The minimum atomic E-state index is 0.277. The van der Waals surface area contributed by atoms with Crippen molar-refractivity contribution in [2.24, 2.45) is 5.92 Å². The molecule has 1 aromatic carbocycles. The lowest BCUT2D eigenvalue weighted by atomic mass is 9.99. The Bertz CT molecular complexity index is 386. The van der Waals surface area contributed by atoms with Crippen molar-refractivity contribution >= 4 is 5.91 Å². The number of carbonyl (C=O) groups is 1. The van der Waals surface area contributed by atoms with Crippen LogP contribution in [0.15, 0.2) is 24.3 Å². The van der Waals surface area contributed by atoms with Gasteiger partial charge in [0.1, 0.15) is 5.75 Å². The molecule has 1 fully saturated rings. The van der Waals surface area contributed by atoms with Crippen molar-refractivity contribution in [3.63, 3.8) is 0 Å². The maximum Gasteiger partial charge on any atom is 0.222 e. The van der Waals surface area contributed by atoms with Gasteiger partial charge in [-0.1, -0.05) is 19.1 Å². The highest BCUT2D eigenvalue weighted by atomic mass is 16.5. The molecule has 0 aliphatic carbocycles. The molecule has 1 saturated heterocycles. The maximum atomic E-state index is 11.8. The van der Waals surface area contributed by atoms with Crippen molar-refractivity contribution in [1.82, 2.24) is 4.90 Å². The van der Waals surface area contributed by atoms with E-state index in [4.69, 9.17) is 4.74 Å². The Morgan fingerprint density at radius 2 is 2.06 bits per heavy atom. The molecule has 0 N–H and O–H groups in total. The molecule has 1 aliphatic heterocycles. The van der Waals surface area contributed by atoms with Gasteiger partial charge in [-0.25, -0.2) is 0 Å². The zero-order chi connectivity index (χ0) is 12.3. The molecular formula is C14H19NO2. The third-order valence-corrected chi connectivity index (χ3v) is 3.27. The number of rotatable bonds is 3. The third-order valence-electron chi connectivity index (χ3n) is 3.27. The minimum Gasteiger partial charge on any atom is -0.497 e. The van der Waals surface area contributed by atoms with E-state index in [-0.39, 0.29) is 5.91 Å². The summed E-state index contributed by atoms with van der Waals surface area (Å²) in [6.45, 7) is 3.80. The molecule has 92 valence electrons. The third kappa shape index (κ3) is 2.99. The lowest BCUT2D eigenvalue weighted by Gasteiger charge is -2.30. The summed E-state index contributed by atoms with van der Waals surface area (Å²) in [4.78, 5) is 13.7. The first-order valence-electron chi connectivity index (χ1n) is 6.09. The molecule has 0 bridgehead atoms. The van der Waals surface area contributed by atoms with Crippen molar-refractivity contribution in [2.45, 2.75) is 26.3 Å². The molecule has 1 aromatic rings. The Morgan fingerprint density at radius 1 is 1.35 bits per heavy atom. The zero-order valence-electron chi connectivity index (χ0n) is 10.5. The van der Waals surface area contributed by atoms with Gasteiger partial charge in [-0.15, -0.1) is 0 Å². The zero-order valence-corrected chi connectivity index (χ0v) is 10.5. The smallest absolute Gasteiger partial charge is 0.222 e. The van der Waals surface area contributed by atoms with Crippen LogP contribution >= 0.6 is 0 Å². The van der Waals surface area contributed by atoms with Crippen molar-refractivity contribution in [3.8, 4) is 5.75 Å². The summed E-state index contributed by atoms with van der Waals surface area (Å²) in [6.07, 6.45) is 1.72. The van der Waals surface area contributed by atoms with E-state index in [9.17, 15) is 4.79 Å². The predicted molar refractivity (Wildman–Crippen MR) is 66.8 cm³/mol. The van der Waals surface area contributed by atoms with E-state index in [1.807, 2.05) is 29.2 Å². The largest absolute Gasteiger partial charge is 0.497 e. The highest BCUT2D eigenvalue weighted by molar-refractivity contribution is 5.76. The lowest BCUT2D eigenvalue weighted by molar-refractivity contribution is -0.135. The number of carbonyl (C=O) groups excluding carboxylic acids is 1. The molecule has 1 atom stereocenters. The van der Waals surface area contributed by atoms with E-state index in [0.717, 1.165) is 24.3 Å². The first kappa shape index (κ1) is 12.0. The second-order valence-electron chi connectivity index (χ2n) is 4.77. The van der Waals surface area contributed by atoms with Gasteiger partial charge in [-0.2, -0.15) is 0 Å². The molecule has 3 heteroatoms. The van der Waals surface area contributed by atoms with Crippen LogP contribution in [0.4, 0.5) is 0 Å². The van der Waals surface area contributed by atoms with Crippen molar-refractivity contribution < 1.29 is 9.53 Å². The van der Waals surface area contributed by atoms with E-state index in [0.29, 0.717) is 18.9 Å². The Labute approximate surface area is 102 Å². The molecule has 0 radical (unpaired) electrons. The molecule has 0 spiro atoms. The minimum absolute atomic E-state index is 0.277. The molecule has 1 heterocycles. The fourth-order valence-corrected chi connectivity index (χ4v) is 2.20. The van der Waals surface area contributed by atoms with Gasteiger partial charge >= 0.3 is 0 Å². The molecule has 0 saturated carbocycles. The molecule has 1 unspecified atom stereocenters. The van der Waals surface area contributed by atoms with Crippen molar-refractivity contribution in [2.75, 3.05) is 13.7 Å². The van der Waals surface area contributed by atoms with Gasteiger partial charge in [0.25, 0.3) is 0 Å². The SMILES string of the molecule is COc1ccc(CN2CC(C)CCC2=O)cc1. The number of amides is 1. The number of nitrogens with zero attached hydrogens (tertiary/aromatic N) is 1. The monoisotopic (exact) mass is 233 g/mol. The summed E-state index contributed by atoms with van der Waals surface area (Å²) in [6, 6.07) is 7.91. The maximum absolute atomic E-state index is 11.8. The lowest BCUT2D eigenvalue weighted by Crippen LogP contribution is -2.38. The van der Waals surface area contributed by atoms with Crippen LogP contribution < -0.4 is 4.74 Å². The van der Waals surface area contributed by atoms with E-state index >= 15 is 0 Å². The summed E-state index contributed by atoms with van der Waals surface area (Å²) in [7, 11) is 1.66. The van der Waals surface area contributed by atoms with Crippen LogP contribution in [-0.2, 0) is 11.3 Å². The van der Waals surface area contributed by atoms with Gasteiger partial charge in [0, 0.05) is 19.5 Å². The first-order valence-corrected chi connectivity index (χ1v) is 6.09.